The molecule has 0 saturated carbocycles. The summed E-state index contributed by atoms with van der Waals surface area (Å²) in [7, 11) is 0. The third-order valence-corrected chi connectivity index (χ3v) is 5.58. The Balaban J connectivity index is 1.44. The zero-order chi connectivity index (χ0) is 27.9. The van der Waals surface area contributed by atoms with Crippen molar-refractivity contribution in [3.05, 3.63) is 107 Å². The van der Waals surface area contributed by atoms with Crippen molar-refractivity contribution in [1.29, 1.82) is 0 Å². The van der Waals surface area contributed by atoms with Gasteiger partial charge in [-0.1, -0.05) is 36.1 Å². The Morgan fingerprint density at radius 1 is 0.600 bits per heavy atom. The molecule has 0 atom stereocenters. The molecule has 5 aromatic rings. The van der Waals surface area contributed by atoms with Crippen LogP contribution in [0.5, 0.6) is 11.5 Å². The Labute approximate surface area is 228 Å². The Morgan fingerprint density at radius 2 is 1.02 bits per heavy atom. The van der Waals surface area contributed by atoms with Crippen molar-refractivity contribution in [2.75, 3.05) is 13.2 Å². The van der Waals surface area contributed by atoms with Gasteiger partial charge in [-0.3, -0.25) is 0 Å². The lowest BCUT2D eigenvalue weighted by Gasteiger charge is -2.04. The first kappa shape index (κ1) is 25.8. The molecule has 0 fully saturated rings. The van der Waals surface area contributed by atoms with E-state index in [0.717, 1.165) is 10.8 Å². The van der Waals surface area contributed by atoms with Gasteiger partial charge in [0.05, 0.1) is 11.0 Å². The third kappa shape index (κ3) is 6.52. The van der Waals surface area contributed by atoms with E-state index in [4.69, 9.17) is 29.7 Å². The molecule has 0 amide bonds. The zero-order valence-corrected chi connectivity index (χ0v) is 20.9. The van der Waals surface area contributed by atoms with E-state index in [0.29, 0.717) is 45.0 Å². The number of carbonyl (C=O) groups is 2. The van der Waals surface area contributed by atoms with Crippen molar-refractivity contribution >= 4 is 33.7 Å². The molecule has 40 heavy (non-hydrogen) atoms. The molecule has 194 valence electrons. The molecule has 8 nitrogen and oxygen atoms in total. The summed E-state index contributed by atoms with van der Waals surface area (Å²) < 4.78 is 10.4. The van der Waals surface area contributed by atoms with Gasteiger partial charge in [-0.15, -0.1) is 0 Å². The molecule has 0 unspecified atom stereocenters. The standard InChI is InChI=1S/C32H20N2O6/c35-29(36)19-39-27-5-1-3-21(17-27)7-13-25-15-11-23-9-10-24-12-16-26(34-32(24)31(23)33-25)14-8-22-4-2-6-28(18-22)40-20-30(37)38/h1-6,9-12,15-18H,19-20H2,(H,35,36)(H,37,38). The minimum Gasteiger partial charge on any atom is -0.482 e. The molecule has 0 saturated heterocycles. The predicted molar refractivity (Wildman–Crippen MR) is 148 cm³/mol. The van der Waals surface area contributed by atoms with Crippen LogP contribution >= 0.6 is 0 Å². The monoisotopic (exact) mass is 528 g/mol. The fourth-order valence-corrected chi connectivity index (χ4v) is 3.80. The average Bonchev–Trinajstić information content (AvgIpc) is 2.97. The van der Waals surface area contributed by atoms with Crippen molar-refractivity contribution in [3.63, 3.8) is 0 Å². The van der Waals surface area contributed by atoms with Crippen molar-refractivity contribution in [2.45, 2.75) is 0 Å². The number of carboxylic acid groups (broad SMARTS) is 2. The van der Waals surface area contributed by atoms with Gasteiger partial charge in [0.1, 0.15) is 22.9 Å². The van der Waals surface area contributed by atoms with Gasteiger partial charge >= 0.3 is 11.9 Å². The minimum atomic E-state index is -1.05. The van der Waals surface area contributed by atoms with E-state index in [1.165, 1.54) is 0 Å². The number of nitrogens with zero attached hydrogens (tertiary/aromatic N) is 2. The number of aromatic nitrogens is 2. The number of carboxylic acids is 2. The second-order valence-corrected chi connectivity index (χ2v) is 8.52. The van der Waals surface area contributed by atoms with Crippen LogP contribution in [0, 0.1) is 23.7 Å². The Bertz CT molecular complexity index is 1750. The minimum absolute atomic E-state index is 0.420. The van der Waals surface area contributed by atoms with Crippen LogP contribution in [-0.2, 0) is 9.59 Å². The van der Waals surface area contributed by atoms with E-state index in [2.05, 4.69) is 23.7 Å². The number of benzene rings is 3. The molecule has 0 bridgehead atoms. The first-order valence-electron chi connectivity index (χ1n) is 12.1. The topological polar surface area (TPSA) is 119 Å². The Hall–Kier alpha value is -5.86. The number of aliphatic carboxylic acids is 2. The van der Waals surface area contributed by atoms with Gasteiger partial charge in [-0.05, 0) is 72.5 Å². The highest BCUT2D eigenvalue weighted by Crippen LogP contribution is 2.23. The van der Waals surface area contributed by atoms with Gasteiger partial charge in [0.15, 0.2) is 13.2 Å². The smallest absolute Gasteiger partial charge is 0.341 e. The van der Waals surface area contributed by atoms with E-state index >= 15 is 0 Å². The van der Waals surface area contributed by atoms with Crippen LogP contribution in [0.15, 0.2) is 84.9 Å². The number of fused-ring (bicyclic) bond motifs is 3. The molecule has 0 spiro atoms. The molecule has 5 rings (SSSR count). The molecule has 3 aromatic carbocycles. The van der Waals surface area contributed by atoms with Gasteiger partial charge in [0.25, 0.3) is 0 Å². The van der Waals surface area contributed by atoms with Gasteiger partial charge in [0.2, 0.25) is 0 Å². The van der Waals surface area contributed by atoms with E-state index in [-0.39, 0.29) is 0 Å². The normalized spacial score (nSPS) is 10.2. The third-order valence-electron chi connectivity index (χ3n) is 5.58. The average molecular weight is 529 g/mol. The summed E-state index contributed by atoms with van der Waals surface area (Å²) >= 11 is 0. The highest BCUT2D eigenvalue weighted by molar-refractivity contribution is 6.03. The summed E-state index contributed by atoms with van der Waals surface area (Å²) in [5.74, 6) is 10.9. The lowest BCUT2D eigenvalue weighted by atomic mass is 10.1. The molecule has 0 radical (unpaired) electrons. The van der Waals surface area contributed by atoms with Crippen LogP contribution in [0.25, 0.3) is 21.8 Å². The molecule has 8 heteroatoms. The summed E-state index contributed by atoms with van der Waals surface area (Å²) in [6.45, 7) is -0.855. The lowest BCUT2D eigenvalue weighted by Crippen LogP contribution is -2.09. The van der Waals surface area contributed by atoms with E-state index < -0.39 is 25.2 Å². The SMILES string of the molecule is O=C(O)COc1cccc(C#Cc2ccc3ccc4ccc(C#Cc5cccc(OCC(=O)O)c5)nc4c3n2)c1. The Kier molecular flexibility index (Phi) is 7.53. The number of rotatable bonds is 6. The summed E-state index contributed by atoms with van der Waals surface area (Å²) in [5.41, 5.74) is 3.81. The Morgan fingerprint density at radius 3 is 1.45 bits per heavy atom. The van der Waals surface area contributed by atoms with E-state index in [1.54, 1.807) is 48.5 Å². The first-order chi connectivity index (χ1) is 19.4. The van der Waals surface area contributed by atoms with Gasteiger partial charge < -0.3 is 19.7 Å². The lowest BCUT2D eigenvalue weighted by molar-refractivity contribution is -0.140. The molecular weight excluding hydrogens is 508 g/mol. The first-order valence-corrected chi connectivity index (χ1v) is 12.1. The van der Waals surface area contributed by atoms with Crippen molar-refractivity contribution in [1.82, 2.24) is 9.97 Å². The van der Waals surface area contributed by atoms with Crippen molar-refractivity contribution in [2.24, 2.45) is 0 Å². The van der Waals surface area contributed by atoms with Crippen LogP contribution < -0.4 is 9.47 Å². The maximum atomic E-state index is 10.7. The van der Waals surface area contributed by atoms with Crippen LogP contribution in [0.4, 0.5) is 0 Å². The quantitative estimate of drug-likeness (QED) is 0.244. The molecule has 2 heterocycles. The highest BCUT2D eigenvalue weighted by atomic mass is 16.5. The second kappa shape index (κ2) is 11.7. The zero-order valence-electron chi connectivity index (χ0n) is 20.9. The molecule has 0 aliphatic carbocycles. The van der Waals surface area contributed by atoms with Gasteiger partial charge in [-0.2, -0.15) is 0 Å². The molecule has 2 aromatic heterocycles. The number of hydrogen-bond acceptors (Lipinski definition) is 6. The molecule has 0 aliphatic rings. The van der Waals surface area contributed by atoms with Crippen LogP contribution in [-0.4, -0.2) is 45.3 Å². The predicted octanol–water partition coefficient (Wildman–Crippen LogP) is 4.51. The van der Waals surface area contributed by atoms with E-state index in [9.17, 15) is 9.59 Å². The van der Waals surface area contributed by atoms with Crippen LogP contribution in [0.1, 0.15) is 22.5 Å². The second-order valence-electron chi connectivity index (χ2n) is 8.52. The summed E-state index contributed by atoms with van der Waals surface area (Å²) in [4.78, 5) is 31.0. The van der Waals surface area contributed by atoms with E-state index in [1.807, 2.05) is 36.4 Å². The maximum Gasteiger partial charge on any atom is 0.341 e. The van der Waals surface area contributed by atoms with Crippen molar-refractivity contribution < 1.29 is 29.3 Å². The molecule has 2 N–H and O–H groups in total. The molecular formula is C32H20N2O6. The summed E-state index contributed by atoms with van der Waals surface area (Å²) in [5, 5.41) is 19.4. The number of hydrogen-bond donors (Lipinski definition) is 2. The summed E-state index contributed by atoms with van der Waals surface area (Å²) in [6, 6.07) is 25.3. The maximum absolute atomic E-state index is 10.7. The number of pyridine rings is 2. The molecule has 0 aliphatic heterocycles. The summed E-state index contributed by atoms with van der Waals surface area (Å²) in [6.07, 6.45) is 0. The van der Waals surface area contributed by atoms with Gasteiger partial charge in [0, 0.05) is 21.9 Å². The van der Waals surface area contributed by atoms with Gasteiger partial charge in [-0.25, -0.2) is 19.6 Å². The highest BCUT2D eigenvalue weighted by Gasteiger charge is 2.06. The fraction of sp³-hybridized carbons (Fsp3) is 0.0625. The fourth-order valence-electron chi connectivity index (χ4n) is 3.80. The van der Waals surface area contributed by atoms with Crippen LogP contribution in [0.2, 0.25) is 0 Å². The largest absolute Gasteiger partial charge is 0.482 e. The number of ether oxygens (including phenoxy) is 2. The van der Waals surface area contributed by atoms with Crippen LogP contribution in [0.3, 0.4) is 0 Å². The van der Waals surface area contributed by atoms with Crippen molar-refractivity contribution in [3.8, 4) is 35.2 Å².